The van der Waals surface area contributed by atoms with E-state index in [4.69, 9.17) is 23.2 Å². The maximum absolute atomic E-state index is 12.7. The molecule has 0 aliphatic rings. The van der Waals surface area contributed by atoms with Crippen molar-refractivity contribution in [2.24, 2.45) is 0 Å². The average molecular weight is 396 g/mol. The standard InChI is InChI=1S/C15H10Cl2F3NO2S/c16-12-4-1-10(2-5-12)7-8-24(22,23)21-14-9-11(15(18,19)20)3-6-13(14)17/h1-9,21H/b8-7+. The number of alkyl halides is 3. The van der Waals surface area contributed by atoms with Gasteiger partial charge in [0.2, 0.25) is 0 Å². The van der Waals surface area contributed by atoms with Crippen molar-refractivity contribution in [3.8, 4) is 0 Å². The third-order valence-electron chi connectivity index (χ3n) is 2.86. The van der Waals surface area contributed by atoms with Gasteiger partial charge in [0.1, 0.15) is 0 Å². The second-order valence-electron chi connectivity index (χ2n) is 4.69. The molecule has 3 nitrogen and oxygen atoms in total. The highest BCUT2D eigenvalue weighted by atomic mass is 35.5. The monoisotopic (exact) mass is 395 g/mol. The van der Waals surface area contributed by atoms with Crippen LogP contribution in [-0.4, -0.2) is 8.42 Å². The lowest BCUT2D eigenvalue weighted by molar-refractivity contribution is -0.137. The van der Waals surface area contributed by atoms with Gasteiger partial charge in [0.15, 0.2) is 0 Å². The minimum Gasteiger partial charge on any atom is -0.279 e. The van der Waals surface area contributed by atoms with Gasteiger partial charge in [0.25, 0.3) is 10.0 Å². The van der Waals surface area contributed by atoms with Crippen LogP contribution in [0.1, 0.15) is 11.1 Å². The van der Waals surface area contributed by atoms with Gasteiger partial charge >= 0.3 is 6.18 Å². The van der Waals surface area contributed by atoms with Crippen molar-refractivity contribution in [3.63, 3.8) is 0 Å². The Morgan fingerprint density at radius 2 is 1.62 bits per heavy atom. The molecule has 0 atom stereocenters. The summed E-state index contributed by atoms with van der Waals surface area (Å²) in [5, 5.41) is 1.17. The molecule has 0 unspecified atom stereocenters. The summed E-state index contributed by atoms with van der Waals surface area (Å²) in [6.07, 6.45) is -3.33. The summed E-state index contributed by atoms with van der Waals surface area (Å²) < 4.78 is 64.1. The zero-order chi connectivity index (χ0) is 18.0. The summed E-state index contributed by atoms with van der Waals surface area (Å²) in [5.74, 6) is 0. The van der Waals surface area contributed by atoms with Gasteiger partial charge in [-0.05, 0) is 42.0 Å². The SMILES string of the molecule is O=S(=O)(/C=C/c1ccc(Cl)cc1)Nc1cc(C(F)(F)F)ccc1Cl. The molecule has 0 fully saturated rings. The van der Waals surface area contributed by atoms with E-state index >= 15 is 0 Å². The van der Waals surface area contributed by atoms with Gasteiger partial charge in [-0.25, -0.2) is 8.42 Å². The Kier molecular flexibility index (Phi) is 5.47. The summed E-state index contributed by atoms with van der Waals surface area (Å²) in [6.45, 7) is 0. The van der Waals surface area contributed by atoms with Crippen molar-refractivity contribution >= 4 is 45.0 Å². The summed E-state index contributed by atoms with van der Waals surface area (Å²) in [4.78, 5) is 0. The molecule has 0 aliphatic heterocycles. The minimum atomic E-state index is -4.61. The first-order valence-electron chi connectivity index (χ1n) is 6.40. The smallest absolute Gasteiger partial charge is 0.279 e. The van der Waals surface area contributed by atoms with Crippen LogP contribution in [0.5, 0.6) is 0 Å². The van der Waals surface area contributed by atoms with Crippen molar-refractivity contribution in [2.75, 3.05) is 4.72 Å². The van der Waals surface area contributed by atoms with Crippen molar-refractivity contribution in [1.29, 1.82) is 0 Å². The zero-order valence-corrected chi connectivity index (χ0v) is 14.1. The number of hydrogen-bond acceptors (Lipinski definition) is 2. The molecule has 2 aromatic rings. The number of nitrogens with one attached hydrogen (secondary N) is 1. The van der Waals surface area contributed by atoms with E-state index in [9.17, 15) is 21.6 Å². The van der Waals surface area contributed by atoms with E-state index in [1.807, 2.05) is 4.72 Å². The van der Waals surface area contributed by atoms with Crippen LogP contribution in [0.2, 0.25) is 10.0 Å². The van der Waals surface area contributed by atoms with E-state index in [0.29, 0.717) is 16.7 Å². The highest BCUT2D eigenvalue weighted by Gasteiger charge is 2.31. The van der Waals surface area contributed by atoms with Crippen LogP contribution in [0.15, 0.2) is 47.9 Å². The predicted molar refractivity (Wildman–Crippen MR) is 89.5 cm³/mol. The fourth-order valence-electron chi connectivity index (χ4n) is 1.71. The number of anilines is 1. The Morgan fingerprint density at radius 1 is 1.00 bits per heavy atom. The molecule has 24 heavy (non-hydrogen) atoms. The summed E-state index contributed by atoms with van der Waals surface area (Å²) >= 11 is 11.5. The van der Waals surface area contributed by atoms with E-state index in [2.05, 4.69) is 0 Å². The molecule has 0 aromatic heterocycles. The Morgan fingerprint density at radius 3 is 2.21 bits per heavy atom. The molecule has 2 rings (SSSR count). The average Bonchev–Trinajstić information content (AvgIpc) is 2.48. The van der Waals surface area contributed by atoms with E-state index in [1.54, 1.807) is 24.3 Å². The second-order valence-corrected chi connectivity index (χ2v) is 7.10. The van der Waals surface area contributed by atoms with Crippen LogP contribution in [-0.2, 0) is 16.2 Å². The lowest BCUT2D eigenvalue weighted by Crippen LogP contribution is -2.11. The van der Waals surface area contributed by atoms with Crippen molar-refractivity contribution in [3.05, 3.63) is 69.0 Å². The first-order valence-corrected chi connectivity index (χ1v) is 8.70. The summed E-state index contributed by atoms with van der Waals surface area (Å²) in [6, 6.07) is 8.71. The van der Waals surface area contributed by atoms with Gasteiger partial charge in [-0.2, -0.15) is 13.2 Å². The third-order valence-corrected chi connectivity index (χ3v) is 4.44. The van der Waals surface area contributed by atoms with Crippen LogP contribution in [0, 0.1) is 0 Å². The molecule has 0 radical (unpaired) electrons. The molecule has 2 aromatic carbocycles. The summed E-state index contributed by atoms with van der Waals surface area (Å²) in [7, 11) is -4.04. The van der Waals surface area contributed by atoms with Crippen LogP contribution >= 0.6 is 23.2 Å². The molecule has 0 amide bonds. The third kappa shape index (κ3) is 5.15. The number of hydrogen-bond donors (Lipinski definition) is 1. The fraction of sp³-hybridized carbons (Fsp3) is 0.0667. The molecular weight excluding hydrogens is 386 g/mol. The Hall–Kier alpha value is -1.70. The lowest BCUT2D eigenvalue weighted by atomic mass is 10.2. The van der Waals surface area contributed by atoms with E-state index in [1.165, 1.54) is 6.08 Å². The van der Waals surface area contributed by atoms with E-state index < -0.39 is 21.8 Å². The van der Waals surface area contributed by atoms with Gasteiger partial charge < -0.3 is 0 Å². The van der Waals surface area contributed by atoms with Crippen LogP contribution in [0.25, 0.3) is 6.08 Å². The maximum atomic E-state index is 12.7. The number of rotatable bonds is 4. The Labute approximate surface area is 146 Å². The number of halogens is 5. The van der Waals surface area contributed by atoms with Gasteiger partial charge in [-0.1, -0.05) is 35.3 Å². The van der Waals surface area contributed by atoms with Crippen LogP contribution in [0.4, 0.5) is 18.9 Å². The highest BCUT2D eigenvalue weighted by molar-refractivity contribution is 7.95. The van der Waals surface area contributed by atoms with Crippen LogP contribution < -0.4 is 4.72 Å². The first-order chi connectivity index (χ1) is 11.1. The lowest BCUT2D eigenvalue weighted by Gasteiger charge is -2.11. The molecule has 0 saturated carbocycles. The quantitative estimate of drug-likeness (QED) is 0.750. The molecule has 1 N–H and O–H groups in total. The van der Waals surface area contributed by atoms with E-state index in [0.717, 1.165) is 17.5 Å². The number of sulfonamides is 1. The molecule has 0 spiro atoms. The molecule has 0 bridgehead atoms. The van der Waals surface area contributed by atoms with Gasteiger partial charge in [0.05, 0.1) is 21.7 Å². The van der Waals surface area contributed by atoms with E-state index in [-0.39, 0.29) is 10.7 Å². The number of benzene rings is 2. The largest absolute Gasteiger partial charge is 0.416 e. The maximum Gasteiger partial charge on any atom is 0.416 e. The predicted octanol–water partition coefficient (Wildman–Crippen LogP) is 5.42. The topological polar surface area (TPSA) is 46.2 Å². The van der Waals surface area contributed by atoms with Crippen molar-refractivity contribution < 1.29 is 21.6 Å². The fourth-order valence-corrected chi connectivity index (χ4v) is 2.94. The first kappa shape index (κ1) is 18.6. The molecular formula is C15H10Cl2F3NO2S. The highest BCUT2D eigenvalue weighted by Crippen LogP contribution is 2.34. The zero-order valence-electron chi connectivity index (χ0n) is 11.8. The Balaban J connectivity index is 2.24. The van der Waals surface area contributed by atoms with Gasteiger partial charge in [-0.3, -0.25) is 4.72 Å². The van der Waals surface area contributed by atoms with Crippen molar-refractivity contribution in [2.45, 2.75) is 6.18 Å². The minimum absolute atomic E-state index is 0.147. The van der Waals surface area contributed by atoms with Gasteiger partial charge in [0, 0.05) is 5.02 Å². The normalized spacial score (nSPS) is 12.5. The van der Waals surface area contributed by atoms with Gasteiger partial charge in [-0.15, -0.1) is 0 Å². The molecule has 0 aliphatic carbocycles. The van der Waals surface area contributed by atoms with Crippen molar-refractivity contribution in [1.82, 2.24) is 0 Å². The summed E-state index contributed by atoms with van der Waals surface area (Å²) in [5.41, 5.74) is -0.807. The second kappa shape index (κ2) is 7.04. The Bertz CT molecular complexity index is 863. The van der Waals surface area contributed by atoms with Crippen LogP contribution in [0.3, 0.4) is 0 Å². The molecule has 128 valence electrons. The molecule has 0 saturated heterocycles. The molecule has 9 heteroatoms. The molecule has 0 heterocycles.